The molecule has 0 radical (unpaired) electrons. The maximum atomic E-state index is 11.8. The Hall–Kier alpha value is -1.22. The topological polar surface area (TPSA) is 55.3 Å². The van der Waals surface area contributed by atoms with Gasteiger partial charge in [0, 0.05) is 13.1 Å². The SMILES string of the molecule is CCOC(=O)C(CC)CN(CC)c1cnc(P)nc1. The fraction of sp³-hybridized carbons (Fsp3) is 0.615. The normalized spacial score (nSPS) is 12.0. The third kappa shape index (κ3) is 4.75. The molecule has 0 spiro atoms. The minimum atomic E-state index is -0.132. The van der Waals surface area contributed by atoms with E-state index < -0.39 is 0 Å². The summed E-state index contributed by atoms with van der Waals surface area (Å²) in [5.74, 6) is -0.248. The van der Waals surface area contributed by atoms with Gasteiger partial charge in [0.05, 0.1) is 30.6 Å². The minimum absolute atomic E-state index is 0.115. The zero-order chi connectivity index (χ0) is 14.3. The molecule has 2 unspecified atom stereocenters. The van der Waals surface area contributed by atoms with Gasteiger partial charge < -0.3 is 9.64 Å². The Kier molecular flexibility index (Phi) is 6.71. The predicted molar refractivity (Wildman–Crippen MR) is 79.7 cm³/mol. The first kappa shape index (κ1) is 15.8. The lowest BCUT2D eigenvalue weighted by Gasteiger charge is -2.26. The first-order valence-electron chi connectivity index (χ1n) is 6.61. The Morgan fingerprint density at radius 2 is 2.00 bits per heavy atom. The molecule has 6 heteroatoms. The molecule has 0 saturated heterocycles. The van der Waals surface area contributed by atoms with Gasteiger partial charge in [0.1, 0.15) is 5.57 Å². The van der Waals surface area contributed by atoms with Crippen molar-refractivity contribution in [1.82, 2.24) is 9.97 Å². The van der Waals surface area contributed by atoms with Crippen molar-refractivity contribution in [3.05, 3.63) is 12.4 Å². The van der Waals surface area contributed by atoms with E-state index in [9.17, 15) is 4.79 Å². The highest BCUT2D eigenvalue weighted by atomic mass is 31.0. The lowest BCUT2D eigenvalue weighted by Crippen LogP contribution is -2.34. The Balaban J connectivity index is 2.74. The highest BCUT2D eigenvalue weighted by molar-refractivity contribution is 7.26. The van der Waals surface area contributed by atoms with Crippen LogP contribution in [0.1, 0.15) is 27.2 Å². The average Bonchev–Trinajstić information content (AvgIpc) is 2.42. The lowest BCUT2D eigenvalue weighted by atomic mass is 10.1. The van der Waals surface area contributed by atoms with Gasteiger partial charge in [-0.3, -0.25) is 4.79 Å². The van der Waals surface area contributed by atoms with E-state index in [1.165, 1.54) is 0 Å². The van der Waals surface area contributed by atoms with E-state index in [0.29, 0.717) is 18.7 Å². The van der Waals surface area contributed by atoms with Crippen molar-refractivity contribution in [3.8, 4) is 0 Å². The lowest BCUT2D eigenvalue weighted by molar-refractivity contribution is -0.147. The molecule has 0 saturated carbocycles. The van der Waals surface area contributed by atoms with Gasteiger partial charge in [-0.25, -0.2) is 9.97 Å². The molecule has 106 valence electrons. The first-order chi connectivity index (χ1) is 9.12. The third-order valence-corrected chi connectivity index (χ3v) is 3.26. The highest BCUT2D eigenvalue weighted by Gasteiger charge is 2.21. The number of nitrogens with zero attached hydrogens (tertiary/aromatic N) is 3. The molecule has 0 N–H and O–H groups in total. The van der Waals surface area contributed by atoms with Crippen LogP contribution in [0.5, 0.6) is 0 Å². The summed E-state index contributed by atoms with van der Waals surface area (Å²) in [6.45, 7) is 7.73. The van der Waals surface area contributed by atoms with Crippen LogP contribution in [-0.2, 0) is 9.53 Å². The van der Waals surface area contributed by atoms with Crippen molar-refractivity contribution in [2.24, 2.45) is 5.92 Å². The summed E-state index contributed by atoms with van der Waals surface area (Å²) in [5.41, 5.74) is 1.59. The molecular formula is C13H22N3O2P. The Labute approximate surface area is 117 Å². The van der Waals surface area contributed by atoms with Crippen molar-refractivity contribution in [2.75, 3.05) is 24.6 Å². The van der Waals surface area contributed by atoms with E-state index in [0.717, 1.165) is 18.7 Å². The van der Waals surface area contributed by atoms with Crippen molar-refractivity contribution in [2.45, 2.75) is 27.2 Å². The van der Waals surface area contributed by atoms with Gasteiger partial charge in [-0.15, -0.1) is 0 Å². The summed E-state index contributed by atoms with van der Waals surface area (Å²) in [5, 5.41) is 0. The molecule has 2 atom stereocenters. The number of ether oxygens (including phenoxy) is 1. The molecule has 0 aliphatic rings. The molecule has 0 aliphatic heterocycles. The third-order valence-electron chi connectivity index (χ3n) is 2.96. The quantitative estimate of drug-likeness (QED) is 0.559. The Bertz CT molecular complexity index is 397. The Morgan fingerprint density at radius 3 is 2.47 bits per heavy atom. The van der Waals surface area contributed by atoms with E-state index in [-0.39, 0.29) is 11.9 Å². The zero-order valence-corrected chi connectivity index (χ0v) is 13.0. The number of hydrogen-bond acceptors (Lipinski definition) is 5. The molecule has 1 aromatic heterocycles. The van der Waals surface area contributed by atoms with E-state index in [4.69, 9.17) is 4.74 Å². The average molecular weight is 283 g/mol. The molecule has 0 bridgehead atoms. The number of aromatic nitrogens is 2. The Morgan fingerprint density at radius 1 is 1.37 bits per heavy atom. The van der Waals surface area contributed by atoms with E-state index in [1.54, 1.807) is 12.4 Å². The van der Waals surface area contributed by atoms with Gasteiger partial charge in [-0.2, -0.15) is 0 Å². The van der Waals surface area contributed by atoms with E-state index >= 15 is 0 Å². The molecule has 0 aliphatic carbocycles. The molecule has 0 aromatic carbocycles. The van der Waals surface area contributed by atoms with Gasteiger partial charge >= 0.3 is 5.97 Å². The predicted octanol–water partition coefficient (Wildman–Crippen LogP) is 1.39. The van der Waals surface area contributed by atoms with Crippen LogP contribution in [0, 0.1) is 5.92 Å². The number of esters is 1. The van der Waals surface area contributed by atoms with Crippen LogP contribution in [0.2, 0.25) is 0 Å². The fourth-order valence-corrected chi connectivity index (χ4v) is 1.96. The van der Waals surface area contributed by atoms with Crippen molar-refractivity contribution >= 4 is 26.5 Å². The molecule has 0 amide bonds. The number of carbonyl (C=O) groups excluding carboxylic acids is 1. The summed E-state index contributed by atoms with van der Waals surface area (Å²) in [6.07, 6.45) is 4.31. The van der Waals surface area contributed by atoms with Crippen LogP contribution in [-0.4, -0.2) is 35.6 Å². The maximum absolute atomic E-state index is 11.8. The van der Waals surface area contributed by atoms with Gasteiger partial charge in [0.15, 0.2) is 0 Å². The van der Waals surface area contributed by atoms with Crippen molar-refractivity contribution in [3.63, 3.8) is 0 Å². The molecular weight excluding hydrogens is 261 g/mol. The molecule has 1 heterocycles. The minimum Gasteiger partial charge on any atom is -0.466 e. The molecule has 5 nitrogen and oxygen atoms in total. The second-order valence-electron chi connectivity index (χ2n) is 4.20. The molecule has 1 aromatic rings. The summed E-state index contributed by atoms with van der Waals surface area (Å²) < 4.78 is 5.10. The monoisotopic (exact) mass is 283 g/mol. The highest BCUT2D eigenvalue weighted by Crippen LogP contribution is 2.15. The first-order valence-corrected chi connectivity index (χ1v) is 7.19. The summed E-state index contributed by atoms with van der Waals surface area (Å²) in [4.78, 5) is 22.2. The van der Waals surface area contributed by atoms with Crippen LogP contribution < -0.4 is 10.5 Å². The number of carbonyl (C=O) groups is 1. The van der Waals surface area contributed by atoms with E-state index in [2.05, 4.69) is 24.1 Å². The smallest absolute Gasteiger partial charge is 0.310 e. The second kappa shape index (κ2) is 8.05. The van der Waals surface area contributed by atoms with Crippen molar-refractivity contribution in [1.29, 1.82) is 0 Å². The number of hydrogen-bond donors (Lipinski definition) is 0. The van der Waals surface area contributed by atoms with Gasteiger partial charge in [-0.05, 0) is 20.3 Å². The standard InChI is InChI=1S/C13H22N3O2P/c1-4-10(12(17)18-6-3)9-16(5-2)11-7-14-13(19)15-8-11/h7-8,10H,4-6,9,19H2,1-3H3. The van der Waals surface area contributed by atoms with Crippen LogP contribution >= 0.6 is 9.24 Å². The number of anilines is 1. The summed E-state index contributed by atoms with van der Waals surface area (Å²) in [6, 6.07) is 0. The second-order valence-corrected chi connectivity index (χ2v) is 4.71. The molecule has 1 rings (SSSR count). The number of rotatable bonds is 7. The van der Waals surface area contributed by atoms with Crippen LogP contribution in [0.3, 0.4) is 0 Å². The van der Waals surface area contributed by atoms with E-state index in [1.807, 2.05) is 20.8 Å². The van der Waals surface area contributed by atoms with Crippen molar-refractivity contribution < 1.29 is 9.53 Å². The zero-order valence-electron chi connectivity index (χ0n) is 11.8. The molecule has 19 heavy (non-hydrogen) atoms. The largest absolute Gasteiger partial charge is 0.466 e. The summed E-state index contributed by atoms with van der Waals surface area (Å²) in [7, 11) is 2.46. The van der Waals surface area contributed by atoms with Crippen LogP contribution in [0.25, 0.3) is 0 Å². The molecule has 0 fully saturated rings. The van der Waals surface area contributed by atoms with Crippen LogP contribution in [0.4, 0.5) is 5.69 Å². The van der Waals surface area contributed by atoms with Gasteiger partial charge in [-0.1, -0.05) is 16.2 Å². The summed E-state index contributed by atoms with van der Waals surface area (Å²) >= 11 is 0. The maximum Gasteiger partial charge on any atom is 0.310 e. The fourth-order valence-electron chi connectivity index (χ4n) is 1.81. The van der Waals surface area contributed by atoms with Gasteiger partial charge in [0.25, 0.3) is 0 Å². The van der Waals surface area contributed by atoms with Crippen LogP contribution in [0.15, 0.2) is 12.4 Å². The van der Waals surface area contributed by atoms with Gasteiger partial charge in [0.2, 0.25) is 0 Å².